The lowest BCUT2D eigenvalue weighted by Gasteiger charge is -2.37. The number of hydrazone groups is 1. The van der Waals surface area contributed by atoms with E-state index in [1.807, 2.05) is 12.1 Å². The lowest BCUT2D eigenvalue weighted by Crippen LogP contribution is -2.48. The Morgan fingerprint density at radius 1 is 1.13 bits per heavy atom. The number of carbonyl (C=O) groups excluding carboxylic acids is 1. The largest absolute Gasteiger partial charge is 0.497 e. The molecule has 3 rings (SSSR count). The predicted molar refractivity (Wildman–Crippen MR) is 85.5 cm³/mol. The molecule has 2 aliphatic rings. The molecule has 0 aromatic heterocycles. The van der Waals surface area contributed by atoms with Crippen LogP contribution in [0.15, 0.2) is 23.3 Å². The van der Waals surface area contributed by atoms with Crippen molar-refractivity contribution in [2.45, 2.75) is 44.8 Å². The van der Waals surface area contributed by atoms with Crippen molar-refractivity contribution >= 4 is 11.8 Å². The van der Waals surface area contributed by atoms with Crippen LogP contribution in [0, 0.1) is 0 Å². The zero-order chi connectivity index (χ0) is 16.4. The molecule has 1 heterocycles. The van der Waals surface area contributed by atoms with Gasteiger partial charge in [-0.3, -0.25) is 4.79 Å². The molecule has 1 spiro atoms. The predicted octanol–water partition coefficient (Wildman–Crippen LogP) is 2.90. The number of ether oxygens (including phenoxy) is 3. The van der Waals surface area contributed by atoms with E-state index in [4.69, 9.17) is 14.2 Å². The molecule has 0 saturated heterocycles. The van der Waals surface area contributed by atoms with Gasteiger partial charge in [0.1, 0.15) is 11.5 Å². The third-order valence-electron chi connectivity index (χ3n) is 4.39. The van der Waals surface area contributed by atoms with Gasteiger partial charge in [-0.2, -0.15) is 5.01 Å². The highest BCUT2D eigenvalue weighted by Crippen LogP contribution is 2.40. The van der Waals surface area contributed by atoms with Crippen molar-refractivity contribution in [2.75, 3.05) is 14.2 Å². The average Bonchev–Trinajstić information content (AvgIpc) is 2.94. The molecule has 0 atom stereocenters. The number of hydrogen-bond donors (Lipinski definition) is 0. The third-order valence-corrected chi connectivity index (χ3v) is 4.39. The van der Waals surface area contributed by atoms with Gasteiger partial charge in [-0.05, 0) is 25.0 Å². The summed E-state index contributed by atoms with van der Waals surface area (Å²) in [5.74, 6) is 1.66. The van der Waals surface area contributed by atoms with E-state index in [1.54, 1.807) is 20.3 Å². The summed E-state index contributed by atoms with van der Waals surface area (Å²) in [6.45, 7) is 1.53. The van der Waals surface area contributed by atoms with Crippen molar-refractivity contribution in [3.8, 4) is 11.5 Å². The first-order valence-corrected chi connectivity index (χ1v) is 7.90. The van der Waals surface area contributed by atoms with Crippen LogP contribution in [0.3, 0.4) is 0 Å². The summed E-state index contributed by atoms with van der Waals surface area (Å²) in [6, 6.07) is 5.46. The van der Waals surface area contributed by atoms with Gasteiger partial charge in [0.15, 0.2) is 0 Å². The number of benzene rings is 1. The summed E-state index contributed by atoms with van der Waals surface area (Å²) in [7, 11) is 3.20. The van der Waals surface area contributed by atoms with Gasteiger partial charge >= 0.3 is 0 Å². The van der Waals surface area contributed by atoms with Crippen molar-refractivity contribution in [2.24, 2.45) is 5.10 Å². The molecule has 1 aromatic rings. The van der Waals surface area contributed by atoms with Gasteiger partial charge in [-0.1, -0.05) is 6.42 Å². The summed E-state index contributed by atoms with van der Waals surface area (Å²) in [5.41, 5.74) is 0.116. The van der Waals surface area contributed by atoms with Crippen LogP contribution in [0.25, 0.3) is 0 Å². The third kappa shape index (κ3) is 2.85. The van der Waals surface area contributed by atoms with Crippen LogP contribution < -0.4 is 9.47 Å². The Bertz CT molecular complexity index is 613. The fourth-order valence-corrected chi connectivity index (χ4v) is 3.25. The van der Waals surface area contributed by atoms with E-state index in [0.717, 1.165) is 31.2 Å². The van der Waals surface area contributed by atoms with Crippen LogP contribution in [0.1, 0.15) is 44.6 Å². The highest BCUT2D eigenvalue weighted by Gasteiger charge is 2.47. The Morgan fingerprint density at radius 2 is 1.74 bits per heavy atom. The molecule has 124 valence electrons. The molecule has 0 bridgehead atoms. The quantitative estimate of drug-likeness (QED) is 0.860. The maximum Gasteiger partial charge on any atom is 0.243 e. The molecule has 0 radical (unpaired) electrons. The zero-order valence-electron chi connectivity index (χ0n) is 13.8. The number of nitrogens with zero attached hydrogens (tertiary/aromatic N) is 2. The van der Waals surface area contributed by atoms with Crippen LogP contribution >= 0.6 is 0 Å². The molecule has 0 unspecified atom stereocenters. The molecular weight excluding hydrogens is 296 g/mol. The van der Waals surface area contributed by atoms with Crippen LogP contribution in [-0.2, 0) is 9.53 Å². The molecule has 1 saturated carbocycles. The number of methoxy groups -OCH3 is 2. The summed E-state index contributed by atoms with van der Waals surface area (Å²) in [6.07, 6.45) is 4.85. The first-order chi connectivity index (χ1) is 11.1. The number of hydrogen-bond acceptors (Lipinski definition) is 5. The van der Waals surface area contributed by atoms with Gasteiger partial charge in [0, 0.05) is 31.4 Å². The van der Waals surface area contributed by atoms with E-state index in [1.165, 1.54) is 18.4 Å². The molecular formula is C17H22N2O4. The first-order valence-electron chi connectivity index (χ1n) is 7.90. The summed E-state index contributed by atoms with van der Waals surface area (Å²) < 4.78 is 16.8. The summed E-state index contributed by atoms with van der Waals surface area (Å²) >= 11 is 0. The summed E-state index contributed by atoms with van der Waals surface area (Å²) in [4.78, 5) is 12.0. The highest BCUT2D eigenvalue weighted by atomic mass is 16.6. The second kappa shape index (κ2) is 6.10. The van der Waals surface area contributed by atoms with Gasteiger partial charge in [-0.15, -0.1) is 5.10 Å². The molecule has 1 amide bonds. The Kier molecular flexibility index (Phi) is 4.15. The van der Waals surface area contributed by atoms with Crippen molar-refractivity contribution < 1.29 is 19.0 Å². The maximum absolute atomic E-state index is 12.0. The topological polar surface area (TPSA) is 60.4 Å². The molecule has 1 aliphatic heterocycles. The second-order valence-corrected chi connectivity index (χ2v) is 5.95. The molecule has 1 aromatic carbocycles. The fourth-order valence-electron chi connectivity index (χ4n) is 3.25. The Labute approximate surface area is 136 Å². The zero-order valence-corrected chi connectivity index (χ0v) is 13.8. The highest BCUT2D eigenvalue weighted by molar-refractivity contribution is 5.97. The minimum absolute atomic E-state index is 0.100. The van der Waals surface area contributed by atoms with Crippen LogP contribution in [0.2, 0.25) is 0 Å². The number of rotatable bonds is 3. The second-order valence-electron chi connectivity index (χ2n) is 5.95. The van der Waals surface area contributed by atoms with Crippen LogP contribution in [0.5, 0.6) is 11.5 Å². The fraction of sp³-hybridized carbons (Fsp3) is 0.529. The lowest BCUT2D eigenvalue weighted by molar-refractivity contribution is -0.151. The van der Waals surface area contributed by atoms with Crippen LogP contribution in [0.4, 0.5) is 0 Å². The molecule has 1 fully saturated rings. The van der Waals surface area contributed by atoms with E-state index in [9.17, 15) is 4.79 Å². The number of carbonyl (C=O) groups is 1. The van der Waals surface area contributed by atoms with Crippen molar-refractivity contribution in [1.29, 1.82) is 0 Å². The van der Waals surface area contributed by atoms with E-state index >= 15 is 0 Å². The van der Waals surface area contributed by atoms with E-state index in [-0.39, 0.29) is 5.91 Å². The van der Waals surface area contributed by atoms with Crippen molar-refractivity contribution in [3.05, 3.63) is 23.8 Å². The standard InChI is InChI=1S/C17H22N2O4/c1-12(20)19-17(7-5-4-6-8-17)23-16(18-19)13-9-14(21-2)11-15(10-13)22-3/h9-11H,4-8H2,1-3H3. The van der Waals surface area contributed by atoms with Gasteiger partial charge < -0.3 is 14.2 Å². The van der Waals surface area contributed by atoms with E-state index in [0.29, 0.717) is 17.4 Å². The van der Waals surface area contributed by atoms with Crippen molar-refractivity contribution in [1.82, 2.24) is 5.01 Å². The van der Waals surface area contributed by atoms with E-state index < -0.39 is 5.72 Å². The van der Waals surface area contributed by atoms with Crippen molar-refractivity contribution in [3.63, 3.8) is 0 Å². The molecule has 6 heteroatoms. The number of amides is 1. The Hall–Kier alpha value is -2.24. The Morgan fingerprint density at radius 3 is 2.26 bits per heavy atom. The average molecular weight is 318 g/mol. The van der Waals surface area contributed by atoms with E-state index in [2.05, 4.69) is 5.10 Å². The monoisotopic (exact) mass is 318 g/mol. The first kappa shape index (κ1) is 15.6. The van der Waals surface area contributed by atoms with Gasteiger partial charge in [0.05, 0.1) is 14.2 Å². The van der Waals surface area contributed by atoms with Gasteiger partial charge in [0.2, 0.25) is 17.5 Å². The maximum atomic E-state index is 12.0. The molecule has 0 N–H and O–H groups in total. The normalized spacial score (nSPS) is 19.3. The molecule has 1 aliphatic carbocycles. The lowest BCUT2D eigenvalue weighted by atomic mass is 9.91. The van der Waals surface area contributed by atoms with Crippen LogP contribution in [-0.4, -0.2) is 36.8 Å². The SMILES string of the molecule is COc1cc(OC)cc(C2=NN(C(C)=O)C3(CCCCC3)O2)c1. The minimum atomic E-state index is -0.629. The molecule has 23 heavy (non-hydrogen) atoms. The minimum Gasteiger partial charge on any atom is -0.497 e. The smallest absolute Gasteiger partial charge is 0.243 e. The molecule has 6 nitrogen and oxygen atoms in total. The van der Waals surface area contributed by atoms with Gasteiger partial charge in [-0.25, -0.2) is 0 Å². The summed E-state index contributed by atoms with van der Waals surface area (Å²) in [5, 5.41) is 5.96. The van der Waals surface area contributed by atoms with Gasteiger partial charge in [0.25, 0.3) is 0 Å². The Balaban J connectivity index is 1.97.